The monoisotopic (exact) mass is 273 g/mol. The summed E-state index contributed by atoms with van der Waals surface area (Å²) in [6.45, 7) is 4.16. The zero-order valence-corrected chi connectivity index (χ0v) is 10.6. The number of aldehydes is 1. The van der Waals surface area contributed by atoms with E-state index in [0.717, 1.165) is 20.1 Å². The maximum absolute atomic E-state index is 11.2. The molecule has 0 aromatic rings. The van der Waals surface area contributed by atoms with Crippen LogP contribution in [0.1, 0.15) is 6.92 Å². The molecule has 0 fully saturated rings. The van der Waals surface area contributed by atoms with Gasteiger partial charge in [0.25, 0.3) is 6.47 Å². The van der Waals surface area contributed by atoms with E-state index in [9.17, 15) is 19.2 Å². The molecule has 19 heavy (non-hydrogen) atoms. The van der Waals surface area contributed by atoms with Crippen molar-refractivity contribution >= 4 is 24.8 Å². The molecule has 0 aliphatic rings. The van der Waals surface area contributed by atoms with E-state index >= 15 is 0 Å². The second-order valence-corrected chi connectivity index (χ2v) is 3.40. The smallest absolute Gasteiger partial charge is 0.408 e. The van der Waals surface area contributed by atoms with Crippen molar-refractivity contribution in [2.75, 3.05) is 13.7 Å². The average molecular weight is 273 g/mol. The lowest BCUT2D eigenvalue weighted by Crippen LogP contribution is -2.59. The molecule has 8 heteroatoms. The summed E-state index contributed by atoms with van der Waals surface area (Å²) in [5.41, 5.74) is -1.76. The normalized spacial score (nSPS) is 14.2. The van der Waals surface area contributed by atoms with Crippen LogP contribution in [0.15, 0.2) is 12.7 Å². The Morgan fingerprint density at radius 2 is 2.05 bits per heavy atom. The first kappa shape index (κ1) is 16.6. The first-order chi connectivity index (χ1) is 8.95. The molecule has 0 saturated heterocycles. The molecule has 8 nitrogen and oxygen atoms in total. The summed E-state index contributed by atoms with van der Waals surface area (Å²) in [6.07, 6.45) is -0.847. The van der Waals surface area contributed by atoms with E-state index in [0.29, 0.717) is 6.29 Å². The summed E-state index contributed by atoms with van der Waals surface area (Å²) in [7, 11) is 1.09. The van der Waals surface area contributed by atoms with Crippen molar-refractivity contribution in [3.63, 3.8) is 0 Å². The summed E-state index contributed by atoms with van der Waals surface area (Å²) in [4.78, 5) is 43.6. The standard InChI is InChI=1S/C11H15NO7/c1-4-11(6-13,12-10(16)17-3)9(19-7-14)5-18-8(2)15/h4,6-7,9H,1,5H2,2-3H3,(H,12,16)/t9-,11-/m1/s1. The van der Waals surface area contributed by atoms with Gasteiger partial charge in [-0.05, 0) is 0 Å². The third kappa shape index (κ3) is 4.78. The van der Waals surface area contributed by atoms with E-state index in [1.165, 1.54) is 0 Å². The number of amides is 1. The van der Waals surface area contributed by atoms with Crippen LogP contribution < -0.4 is 5.32 Å². The minimum absolute atomic E-state index is 0.0644. The molecule has 0 aromatic carbocycles. The Balaban J connectivity index is 5.17. The van der Waals surface area contributed by atoms with Crippen LogP contribution in [0.4, 0.5) is 4.79 Å². The van der Waals surface area contributed by atoms with Gasteiger partial charge in [0.2, 0.25) is 0 Å². The van der Waals surface area contributed by atoms with Gasteiger partial charge in [-0.25, -0.2) is 4.79 Å². The fraction of sp³-hybridized carbons (Fsp3) is 0.455. The van der Waals surface area contributed by atoms with Crippen molar-refractivity contribution in [2.45, 2.75) is 18.6 Å². The topological polar surface area (TPSA) is 108 Å². The summed E-state index contributed by atoms with van der Waals surface area (Å²) in [6, 6.07) is 0. The van der Waals surface area contributed by atoms with Gasteiger partial charge < -0.3 is 24.3 Å². The highest BCUT2D eigenvalue weighted by Gasteiger charge is 2.40. The van der Waals surface area contributed by atoms with Crippen LogP contribution in [0.5, 0.6) is 0 Å². The molecule has 0 saturated carbocycles. The van der Waals surface area contributed by atoms with Gasteiger partial charge in [-0.2, -0.15) is 0 Å². The number of alkyl carbamates (subject to hydrolysis) is 1. The van der Waals surface area contributed by atoms with Crippen molar-refractivity contribution in [1.82, 2.24) is 5.32 Å². The highest BCUT2D eigenvalue weighted by atomic mass is 16.6. The van der Waals surface area contributed by atoms with Crippen molar-refractivity contribution in [3.8, 4) is 0 Å². The zero-order valence-electron chi connectivity index (χ0n) is 10.6. The van der Waals surface area contributed by atoms with Gasteiger partial charge in [0.05, 0.1) is 7.11 Å². The summed E-state index contributed by atoms with van der Waals surface area (Å²) < 4.78 is 13.7. The van der Waals surface area contributed by atoms with E-state index < -0.39 is 30.3 Å². The second kappa shape index (κ2) is 7.85. The fourth-order valence-corrected chi connectivity index (χ4v) is 1.19. The number of hydrogen-bond acceptors (Lipinski definition) is 7. The van der Waals surface area contributed by atoms with Crippen LogP contribution in [0, 0.1) is 0 Å². The first-order valence-corrected chi connectivity index (χ1v) is 5.14. The molecular formula is C11H15NO7. The van der Waals surface area contributed by atoms with E-state index in [-0.39, 0.29) is 6.47 Å². The Kier molecular flexibility index (Phi) is 6.87. The lowest BCUT2D eigenvalue weighted by atomic mass is 9.94. The Bertz CT molecular complexity index is 358. The third-order valence-electron chi connectivity index (χ3n) is 2.23. The summed E-state index contributed by atoms with van der Waals surface area (Å²) in [5, 5.41) is 2.17. The average Bonchev–Trinajstić information content (AvgIpc) is 2.40. The molecule has 106 valence electrons. The highest BCUT2D eigenvalue weighted by Crippen LogP contribution is 2.14. The Hall–Kier alpha value is -2.38. The second-order valence-electron chi connectivity index (χ2n) is 3.40. The predicted molar refractivity (Wildman–Crippen MR) is 62.1 cm³/mol. The Labute approximate surface area is 109 Å². The number of methoxy groups -OCH3 is 1. The molecule has 0 radical (unpaired) electrons. The molecule has 0 spiro atoms. The van der Waals surface area contributed by atoms with E-state index in [1.54, 1.807) is 0 Å². The molecule has 0 aliphatic carbocycles. The largest absolute Gasteiger partial charge is 0.462 e. The lowest BCUT2D eigenvalue weighted by molar-refractivity contribution is -0.154. The zero-order chi connectivity index (χ0) is 14.9. The SMILES string of the molecule is C=C[C@](C=O)(NC(=O)OC)[C@@H](COC(C)=O)OC=O. The summed E-state index contributed by atoms with van der Waals surface area (Å²) in [5.74, 6) is -0.638. The minimum Gasteiger partial charge on any atom is -0.462 e. The third-order valence-corrected chi connectivity index (χ3v) is 2.23. The van der Waals surface area contributed by atoms with E-state index in [4.69, 9.17) is 0 Å². The number of carbonyl (C=O) groups excluding carboxylic acids is 4. The van der Waals surface area contributed by atoms with Crippen molar-refractivity contribution < 1.29 is 33.4 Å². The van der Waals surface area contributed by atoms with Gasteiger partial charge in [0, 0.05) is 6.92 Å². The van der Waals surface area contributed by atoms with Gasteiger partial charge in [0.15, 0.2) is 17.9 Å². The van der Waals surface area contributed by atoms with Gasteiger partial charge in [-0.3, -0.25) is 9.59 Å². The predicted octanol–water partition coefficient (Wildman–Crippen LogP) is -0.429. The summed E-state index contributed by atoms with van der Waals surface area (Å²) >= 11 is 0. The molecule has 0 aliphatic heterocycles. The number of nitrogens with one attached hydrogen (secondary N) is 1. The number of hydrogen-bond donors (Lipinski definition) is 1. The number of carbonyl (C=O) groups is 4. The minimum atomic E-state index is -1.76. The van der Waals surface area contributed by atoms with Crippen LogP contribution >= 0.6 is 0 Å². The quantitative estimate of drug-likeness (QED) is 0.276. The molecule has 1 amide bonds. The van der Waals surface area contributed by atoms with Crippen LogP contribution in [-0.4, -0.2) is 50.2 Å². The van der Waals surface area contributed by atoms with Crippen LogP contribution in [0.2, 0.25) is 0 Å². The van der Waals surface area contributed by atoms with Crippen LogP contribution in [-0.2, 0) is 28.6 Å². The molecule has 1 N–H and O–H groups in total. The lowest BCUT2D eigenvalue weighted by Gasteiger charge is -2.31. The molecule has 0 rings (SSSR count). The Morgan fingerprint density at radius 3 is 2.42 bits per heavy atom. The van der Waals surface area contributed by atoms with E-state index in [1.807, 2.05) is 0 Å². The molecule has 2 atom stereocenters. The van der Waals surface area contributed by atoms with Crippen molar-refractivity contribution in [1.29, 1.82) is 0 Å². The molecule has 0 heterocycles. The first-order valence-electron chi connectivity index (χ1n) is 5.14. The van der Waals surface area contributed by atoms with Gasteiger partial charge in [-0.15, -0.1) is 6.58 Å². The Morgan fingerprint density at radius 1 is 1.42 bits per heavy atom. The van der Waals surface area contributed by atoms with E-state index in [2.05, 4.69) is 26.1 Å². The maximum Gasteiger partial charge on any atom is 0.408 e. The molecule has 0 aromatic heterocycles. The van der Waals surface area contributed by atoms with Gasteiger partial charge in [-0.1, -0.05) is 6.08 Å². The van der Waals surface area contributed by atoms with Crippen molar-refractivity contribution in [2.24, 2.45) is 0 Å². The van der Waals surface area contributed by atoms with Crippen LogP contribution in [0.3, 0.4) is 0 Å². The molecule has 0 unspecified atom stereocenters. The van der Waals surface area contributed by atoms with Crippen LogP contribution in [0.25, 0.3) is 0 Å². The van der Waals surface area contributed by atoms with Gasteiger partial charge >= 0.3 is 12.1 Å². The number of rotatable bonds is 8. The molecule has 0 bridgehead atoms. The van der Waals surface area contributed by atoms with Crippen molar-refractivity contribution in [3.05, 3.63) is 12.7 Å². The maximum atomic E-state index is 11.2. The fourth-order valence-electron chi connectivity index (χ4n) is 1.19. The number of ether oxygens (including phenoxy) is 3. The molecular weight excluding hydrogens is 258 g/mol. The van der Waals surface area contributed by atoms with Gasteiger partial charge in [0.1, 0.15) is 6.61 Å². The highest BCUT2D eigenvalue weighted by molar-refractivity contribution is 5.79. The number of esters is 1.